The highest BCUT2D eigenvalue weighted by Gasteiger charge is 2.02. The Hall–Kier alpha value is -1.29. The lowest BCUT2D eigenvalue weighted by Crippen LogP contribution is -2.36. The fraction of sp³-hybridized carbons (Fsp3) is 0.500. The topological polar surface area (TPSA) is 54.3 Å². The normalized spacial score (nSPS) is 10.5. The lowest BCUT2D eigenvalue weighted by Gasteiger charge is -2.07. The minimum atomic E-state index is -0.0184. The fourth-order valence-corrected chi connectivity index (χ4v) is 0.958. The smallest absolute Gasteiger partial charge is 0.234 e. The van der Waals surface area contributed by atoms with Crippen molar-refractivity contribution in [2.24, 2.45) is 0 Å². The third-order valence-corrected chi connectivity index (χ3v) is 1.71. The van der Waals surface area contributed by atoms with E-state index >= 15 is 0 Å². The van der Waals surface area contributed by atoms with Gasteiger partial charge in [-0.1, -0.05) is 13.8 Å². The summed E-state index contributed by atoms with van der Waals surface area (Å²) in [6.07, 6.45) is 1.59. The number of amides is 1. The van der Waals surface area contributed by atoms with Crippen molar-refractivity contribution < 1.29 is 9.21 Å². The minimum Gasteiger partial charge on any atom is -0.467 e. The molecule has 0 aromatic carbocycles. The van der Waals surface area contributed by atoms with Gasteiger partial charge < -0.3 is 15.1 Å². The first-order chi connectivity index (χ1) is 6.68. The van der Waals surface area contributed by atoms with Crippen LogP contribution in [0.4, 0.5) is 0 Å². The van der Waals surface area contributed by atoms with Gasteiger partial charge in [0.25, 0.3) is 0 Å². The minimum absolute atomic E-state index is 0.0184. The summed E-state index contributed by atoms with van der Waals surface area (Å²) in [5.41, 5.74) is 0. The summed E-state index contributed by atoms with van der Waals surface area (Å²) >= 11 is 0. The zero-order valence-corrected chi connectivity index (χ0v) is 8.54. The van der Waals surface area contributed by atoms with E-state index in [9.17, 15) is 4.79 Å². The summed E-state index contributed by atoms with van der Waals surface area (Å²) in [7, 11) is 0. The molecule has 0 aliphatic carbocycles. The van der Waals surface area contributed by atoms with Gasteiger partial charge in [-0.25, -0.2) is 0 Å². The summed E-state index contributed by atoms with van der Waals surface area (Å²) in [5.74, 6) is 0.748. The molecular weight excluding hydrogens is 180 g/mol. The van der Waals surface area contributed by atoms with Gasteiger partial charge in [0.15, 0.2) is 0 Å². The second-order valence-electron chi connectivity index (χ2n) is 3.39. The van der Waals surface area contributed by atoms with Crippen LogP contribution >= 0.6 is 0 Å². The van der Waals surface area contributed by atoms with E-state index in [1.54, 1.807) is 12.3 Å². The van der Waals surface area contributed by atoms with Crippen molar-refractivity contribution >= 4 is 5.91 Å². The van der Waals surface area contributed by atoms with E-state index in [4.69, 9.17) is 4.42 Å². The molecule has 0 atom stereocenters. The summed E-state index contributed by atoms with van der Waals surface area (Å²) in [4.78, 5) is 11.2. The predicted molar refractivity (Wildman–Crippen MR) is 53.7 cm³/mol. The number of carbonyl (C=O) groups is 1. The van der Waals surface area contributed by atoms with Crippen molar-refractivity contribution in [2.75, 3.05) is 6.54 Å². The van der Waals surface area contributed by atoms with E-state index in [-0.39, 0.29) is 5.91 Å². The maximum atomic E-state index is 11.2. The largest absolute Gasteiger partial charge is 0.467 e. The van der Waals surface area contributed by atoms with Crippen LogP contribution in [0, 0.1) is 0 Å². The molecule has 0 spiro atoms. The summed E-state index contributed by atoms with van der Waals surface area (Å²) in [5, 5.41) is 5.78. The average molecular weight is 196 g/mol. The molecular formula is C10H16N2O2. The molecule has 4 heteroatoms. The van der Waals surface area contributed by atoms with Crippen LogP contribution in [0.3, 0.4) is 0 Å². The van der Waals surface area contributed by atoms with Crippen LogP contribution in [0.15, 0.2) is 22.8 Å². The molecule has 0 saturated carbocycles. The van der Waals surface area contributed by atoms with Gasteiger partial charge in [-0.15, -0.1) is 0 Å². The molecule has 0 saturated heterocycles. The Kier molecular flexibility index (Phi) is 4.19. The SMILES string of the molecule is CC(C)NCC(=O)NCc1ccco1. The Balaban J connectivity index is 2.15. The highest BCUT2D eigenvalue weighted by Crippen LogP contribution is 1.97. The lowest BCUT2D eigenvalue weighted by molar-refractivity contribution is -0.120. The number of furan rings is 1. The van der Waals surface area contributed by atoms with Gasteiger partial charge in [0.2, 0.25) is 5.91 Å². The molecule has 0 bridgehead atoms. The Morgan fingerprint density at radius 1 is 1.57 bits per heavy atom. The molecule has 0 aliphatic rings. The number of hydrogen-bond acceptors (Lipinski definition) is 3. The molecule has 1 heterocycles. The van der Waals surface area contributed by atoms with Crippen LogP contribution < -0.4 is 10.6 Å². The van der Waals surface area contributed by atoms with Crippen LogP contribution in [0.2, 0.25) is 0 Å². The standard InChI is InChI=1S/C10H16N2O2/c1-8(2)11-7-10(13)12-6-9-4-3-5-14-9/h3-5,8,11H,6-7H2,1-2H3,(H,12,13). The second kappa shape index (κ2) is 5.44. The van der Waals surface area contributed by atoms with Crippen molar-refractivity contribution in [3.8, 4) is 0 Å². The van der Waals surface area contributed by atoms with Crippen molar-refractivity contribution in [1.29, 1.82) is 0 Å². The molecule has 1 amide bonds. The van der Waals surface area contributed by atoms with Gasteiger partial charge in [-0.05, 0) is 12.1 Å². The maximum Gasteiger partial charge on any atom is 0.234 e. The lowest BCUT2D eigenvalue weighted by atomic mass is 10.4. The molecule has 0 aliphatic heterocycles. The highest BCUT2D eigenvalue weighted by molar-refractivity contribution is 5.77. The quantitative estimate of drug-likeness (QED) is 0.735. The number of nitrogens with one attached hydrogen (secondary N) is 2. The van der Waals surface area contributed by atoms with Crippen molar-refractivity contribution in [1.82, 2.24) is 10.6 Å². The van der Waals surface area contributed by atoms with E-state index in [1.807, 2.05) is 19.9 Å². The van der Waals surface area contributed by atoms with Crippen molar-refractivity contribution in [3.63, 3.8) is 0 Å². The summed E-state index contributed by atoms with van der Waals surface area (Å²) in [6, 6.07) is 3.95. The van der Waals surface area contributed by atoms with Gasteiger partial charge in [0, 0.05) is 6.04 Å². The Morgan fingerprint density at radius 3 is 2.93 bits per heavy atom. The third kappa shape index (κ3) is 4.09. The van der Waals surface area contributed by atoms with Gasteiger partial charge in [-0.3, -0.25) is 4.79 Å². The molecule has 0 unspecified atom stereocenters. The van der Waals surface area contributed by atoms with Crippen molar-refractivity contribution in [2.45, 2.75) is 26.4 Å². The average Bonchev–Trinajstić information content (AvgIpc) is 2.63. The molecule has 2 N–H and O–H groups in total. The molecule has 0 radical (unpaired) electrons. The fourth-order valence-electron chi connectivity index (χ4n) is 0.958. The second-order valence-corrected chi connectivity index (χ2v) is 3.39. The van der Waals surface area contributed by atoms with E-state index in [0.717, 1.165) is 5.76 Å². The summed E-state index contributed by atoms with van der Waals surface area (Å²) in [6.45, 7) is 4.80. The van der Waals surface area contributed by atoms with E-state index < -0.39 is 0 Å². The monoisotopic (exact) mass is 196 g/mol. The first-order valence-electron chi connectivity index (χ1n) is 4.71. The Labute approximate surface area is 83.7 Å². The first kappa shape index (κ1) is 10.8. The van der Waals surface area contributed by atoms with Crippen LogP contribution in [0.1, 0.15) is 19.6 Å². The van der Waals surface area contributed by atoms with E-state index in [2.05, 4.69) is 10.6 Å². The molecule has 1 aromatic heterocycles. The number of carbonyl (C=O) groups excluding carboxylic acids is 1. The molecule has 1 aromatic rings. The van der Waals surface area contributed by atoms with Crippen LogP contribution in [-0.2, 0) is 11.3 Å². The number of hydrogen-bond donors (Lipinski definition) is 2. The first-order valence-corrected chi connectivity index (χ1v) is 4.71. The van der Waals surface area contributed by atoms with Crippen LogP contribution in [0.5, 0.6) is 0 Å². The highest BCUT2D eigenvalue weighted by atomic mass is 16.3. The summed E-state index contributed by atoms with van der Waals surface area (Å²) < 4.78 is 5.07. The van der Waals surface area contributed by atoms with Gasteiger partial charge in [0.05, 0.1) is 19.4 Å². The van der Waals surface area contributed by atoms with Crippen molar-refractivity contribution in [3.05, 3.63) is 24.2 Å². The van der Waals surface area contributed by atoms with Crippen LogP contribution in [0.25, 0.3) is 0 Å². The molecule has 1 rings (SSSR count). The van der Waals surface area contributed by atoms with E-state index in [1.165, 1.54) is 0 Å². The molecule has 4 nitrogen and oxygen atoms in total. The Morgan fingerprint density at radius 2 is 2.36 bits per heavy atom. The third-order valence-electron chi connectivity index (χ3n) is 1.71. The zero-order chi connectivity index (χ0) is 10.4. The van der Waals surface area contributed by atoms with Gasteiger partial charge >= 0.3 is 0 Å². The van der Waals surface area contributed by atoms with Gasteiger partial charge in [0.1, 0.15) is 5.76 Å². The van der Waals surface area contributed by atoms with Crippen LogP contribution in [-0.4, -0.2) is 18.5 Å². The molecule has 14 heavy (non-hydrogen) atoms. The predicted octanol–water partition coefficient (Wildman–Crippen LogP) is 0.894. The Bertz CT molecular complexity index is 268. The number of rotatable bonds is 5. The molecule has 78 valence electrons. The maximum absolute atomic E-state index is 11.2. The molecule has 0 fully saturated rings. The zero-order valence-electron chi connectivity index (χ0n) is 8.54. The van der Waals surface area contributed by atoms with Gasteiger partial charge in [-0.2, -0.15) is 0 Å². The van der Waals surface area contributed by atoms with E-state index in [0.29, 0.717) is 19.1 Å².